The second-order valence-electron chi connectivity index (χ2n) is 4.05. The highest BCUT2D eigenvalue weighted by atomic mass is 16.5. The zero-order chi connectivity index (χ0) is 11.5. The van der Waals surface area contributed by atoms with Crippen LogP contribution >= 0.6 is 0 Å². The molecule has 4 heteroatoms. The van der Waals surface area contributed by atoms with Crippen LogP contribution in [-0.2, 0) is 4.74 Å². The molecule has 1 aliphatic rings. The monoisotopic (exact) mass is 220 g/mol. The number of esters is 1. The van der Waals surface area contributed by atoms with Crippen LogP contribution in [0, 0.1) is 6.92 Å². The van der Waals surface area contributed by atoms with Crippen LogP contribution in [0.2, 0.25) is 0 Å². The minimum atomic E-state index is -0.330. The highest BCUT2D eigenvalue weighted by molar-refractivity contribution is 5.89. The number of nitrogens with zero attached hydrogens (tertiary/aromatic N) is 2. The topological polar surface area (TPSA) is 42.4 Å². The third kappa shape index (κ3) is 2.01. The number of rotatable bonds is 2. The second kappa shape index (κ2) is 4.51. The maximum Gasteiger partial charge on any atom is 0.339 e. The van der Waals surface area contributed by atoms with Crippen molar-refractivity contribution in [3.05, 3.63) is 23.4 Å². The number of hydrogen-bond donors (Lipinski definition) is 0. The van der Waals surface area contributed by atoms with E-state index in [9.17, 15) is 4.79 Å². The van der Waals surface area contributed by atoms with E-state index in [0.717, 1.165) is 24.5 Å². The van der Waals surface area contributed by atoms with Crippen molar-refractivity contribution in [1.29, 1.82) is 0 Å². The Balaban J connectivity index is 2.25. The summed E-state index contributed by atoms with van der Waals surface area (Å²) in [5, 5.41) is 0. The molecule has 1 aliphatic heterocycles. The quantitative estimate of drug-likeness (QED) is 0.712. The first-order chi connectivity index (χ1) is 7.72. The summed E-state index contributed by atoms with van der Waals surface area (Å²) in [5.74, 6) is 0.661. The van der Waals surface area contributed by atoms with Gasteiger partial charge in [0, 0.05) is 19.3 Å². The average Bonchev–Trinajstić information content (AvgIpc) is 2.81. The average molecular weight is 220 g/mol. The Kier molecular flexibility index (Phi) is 3.08. The number of carbonyl (C=O) groups is 1. The van der Waals surface area contributed by atoms with Crippen molar-refractivity contribution < 1.29 is 9.53 Å². The number of methoxy groups -OCH3 is 1. The fraction of sp³-hybridized carbons (Fsp3) is 0.500. The Labute approximate surface area is 95.2 Å². The van der Waals surface area contributed by atoms with Gasteiger partial charge < -0.3 is 9.64 Å². The van der Waals surface area contributed by atoms with E-state index in [1.807, 2.05) is 13.0 Å². The number of hydrogen-bond acceptors (Lipinski definition) is 4. The fourth-order valence-electron chi connectivity index (χ4n) is 2.06. The molecular weight excluding hydrogens is 204 g/mol. The maximum atomic E-state index is 11.3. The largest absolute Gasteiger partial charge is 0.465 e. The lowest BCUT2D eigenvalue weighted by Gasteiger charge is -2.18. The predicted octanol–water partition coefficient (Wildman–Crippen LogP) is 1.78. The van der Waals surface area contributed by atoms with E-state index in [-0.39, 0.29) is 5.97 Å². The van der Waals surface area contributed by atoms with Gasteiger partial charge in [0.15, 0.2) is 0 Å². The van der Waals surface area contributed by atoms with Gasteiger partial charge in [0.05, 0.1) is 12.7 Å². The first-order valence-corrected chi connectivity index (χ1v) is 5.52. The van der Waals surface area contributed by atoms with Crippen LogP contribution < -0.4 is 4.90 Å². The van der Waals surface area contributed by atoms with E-state index in [1.54, 1.807) is 6.20 Å². The molecule has 0 bridgehead atoms. The van der Waals surface area contributed by atoms with Crippen LogP contribution in [0.3, 0.4) is 0 Å². The molecule has 1 saturated heterocycles. The maximum absolute atomic E-state index is 11.3. The molecule has 0 spiro atoms. The van der Waals surface area contributed by atoms with E-state index in [0.29, 0.717) is 5.56 Å². The molecule has 0 atom stereocenters. The molecule has 1 aromatic heterocycles. The van der Waals surface area contributed by atoms with Gasteiger partial charge in [0.25, 0.3) is 0 Å². The summed E-state index contributed by atoms with van der Waals surface area (Å²) >= 11 is 0. The SMILES string of the molecule is COC(=O)c1cnc(N2CCCC2)c(C)c1. The van der Waals surface area contributed by atoms with E-state index >= 15 is 0 Å². The summed E-state index contributed by atoms with van der Waals surface area (Å²) in [6.45, 7) is 4.10. The molecule has 1 aromatic rings. The number of ether oxygens (including phenoxy) is 1. The van der Waals surface area contributed by atoms with Gasteiger partial charge in [-0.05, 0) is 31.4 Å². The summed E-state index contributed by atoms with van der Waals surface area (Å²) < 4.78 is 4.66. The van der Waals surface area contributed by atoms with Crippen molar-refractivity contribution in [3.8, 4) is 0 Å². The van der Waals surface area contributed by atoms with Crippen molar-refractivity contribution in [2.75, 3.05) is 25.1 Å². The summed E-state index contributed by atoms with van der Waals surface area (Å²) in [6.07, 6.45) is 4.03. The minimum absolute atomic E-state index is 0.330. The van der Waals surface area contributed by atoms with Gasteiger partial charge in [-0.2, -0.15) is 0 Å². The molecule has 86 valence electrons. The van der Waals surface area contributed by atoms with Gasteiger partial charge in [-0.1, -0.05) is 0 Å². The second-order valence-corrected chi connectivity index (χ2v) is 4.05. The smallest absolute Gasteiger partial charge is 0.339 e. The Hall–Kier alpha value is -1.58. The molecule has 4 nitrogen and oxygen atoms in total. The third-order valence-corrected chi connectivity index (χ3v) is 2.88. The van der Waals surface area contributed by atoms with E-state index in [4.69, 9.17) is 0 Å². The molecule has 0 N–H and O–H groups in total. The van der Waals surface area contributed by atoms with Crippen LogP contribution in [0.5, 0.6) is 0 Å². The zero-order valence-corrected chi connectivity index (χ0v) is 9.69. The highest BCUT2D eigenvalue weighted by Crippen LogP contribution is 2.22. The van der Waals surface area contributed by atoms with Crippen molar-refractivity contribution in [2.45, 2.75) is 19.8 Å². The molecule has 0 amide bonds. The first kappa shape index (κ1) is 10.9. The van der Waals surface area contributed by atoms with Crippen molar-refractivity contribution in [3.63, 3.8) is 0 Å². The zero-order valence-electron chi connectivity index (χ0n) is 9.69. The lowest BCUT2D eigenvalue weighted by molar-refractivity contribution is 0.0600. The standard InChI is InChI=1S/C12H16N2O2/c1-9-7-10(12(15)16-2)8-13-11(9)14-5-3-4-6-14/h7-8H,3-6H2,1-2H3. The third-order valence-electron chi connectivity index (χ3n) is 2.88. The summed E-state index contributed by atoms with van der Waals surface area (Å²) in [5.41, 5.74) is 1.55. The number of aromatic nitrogens is 1. The number of anilines is 1. The van der Waals surface area contributed by atoms with E-state index < -0.39 is 0 Å². The summed E-state index contributed by atoms with van der Waals surface area (Å²) in [6, 6.07) is 1.84. The molecule has 0 unspecified atom stereocenters. The molecule has 1 fully saturated rings. The Morgan fingerprint density at radius 3 is 2.69 bits per heavy atom. The van der Waals surface area contributed by atoms with Crippen molar-refractivity contribution >= 4 is 11.8 Å². The number of pyridine rings is 1. The molecular formula is C12H16N2O2. The molecule has 0 saturated carbocycles. The van der Waals surface area contributed by atoms with Crippen LogP contribution in [0.25, 0.3) is 0 Å². The van der Waals surface area contributed by atoms with Gasteiger partial charge in [-0.15, -0.1) is 0 Å². The van der Waals surface area contributed by atoms with E-state index in [2.05, 4.69) is 14.6 Å². The molecule has 2 rings (SSSR count). The molecule has 0 aliphatic carbocycles. The molecule has 0 radical (unpaired) electrons. The minimum Gasteiger partial charge on any atom is -0.465 e. The van der Waals surface area contributed by atoms with Crippen molar-refractivity contribution in [1.82, 2.24) is 4.98 Å². The summed E-state index contributed by atoms with van der Waals surface area (Å²) in [7, 11) is 1.38. The molecule has 2 heterocycles. The summed E-state index contributed by atoms with van der Waals surface area (Å²) in [4.78, 5) is 17.9. The van der Waals surface area contributed by atoms with Gasteiger partial charge in [-0.3, -0.25) is 0 Å². The Morgan fingerprint density at radius 2 is 2.12 bits per heavy atom. The van der Waals surface area contributed by atoms with Crippen LogP contribution in [-0.4, -0.2) is 31.2 Å². The van der Waals surface area contributed by atoms with Gasteiger partial charge in [0.2, 0.25) is 0 Å². The van der Waals surface area contributed by atoms with Gasteiger partial charge in [0.1, 0.15) is 5.82 Å². The first-order valence-electron chi connectivity index (χ1n) is 5.52. The predicted molar refractivity (Wildman–Crippen MR) is 61.8 cm³/mol. The normalized spacial score (nSPS) is 15.2. The van der Waals surface area contributed by atoms with E-state index in [1.165, 1.54) is 20.0 Å². The molecule has 16 heavy (non-hydrogen) atoms. The van der Waals surface area contributed by atoms with Crippen molar-refractivity contribution in [2.24, 2.45) is 0 Å². The number of aryl methyl sites for hydroxylation is 1. The number of carbonyl (C=O) groups excluding carboxylic acids is 1. The molecule has 0 aromatic carbocycles. The van der Waals surface area contributed by atoms with Gasteiger partial charge in [-0.25, -0.2) is 9.78 Å². The van der Waals surface area contributed by atoms with Crippen LogP contribution in [0.4, 0.5) is 5.82 Å². The van der Waals surface area contributed by atoms with Crippen LogP contribution in [0.15, 0.2) is 12.3 Å². The Morgan fingerprint density at radius 1 is 1.44 bits per heavy atom. The Bertz CT molecular complexity index is 398. The lowest BCUT2D eigenvalue weighted by atomic mass is 10.2. The van der Waals surface area contributed by atoms with Gasteiger partial charge >= 0.3 is 5.97 Å². The van der Waals surface area contributed by atoms with Crippen LogP contribution in [0.1, 0.15) is 28.8 Å². The highest BCUT2D eigenvalue weighted by Gasteiger charge is 2.17. The lowest BCUT2D eigenvalue weighted by Crippen LogP contribution is -2.20. The fourth-order valence-corrected chi connectivity index (χ4v) is 2.06.